The molecule has 6 nitrogen and oxygen atoms in total. The Morgan fingerprint density at radius 2 is 2.00 bits per heavy atom. The molecule has 1 aromatic heterocycles. The van der Waals surface area contributed by atoms with Crippen LogP contribution in [0.5, 0.6) is 5.75 Å². The molecule has 3 aromatic rings. The van der Waals surface area contributed by atoms with Gasteiger partial charge in [0.25, 0.3) is 5.91 Å². The summed E-state index contributed by atoms with van der Waals surface area (Å²) in [5.41, 5.74) is 3.84. The topological polar surface area (TPSA) is 71.5 Å². The molecule has 0 radical (unpaired) electrons. The largest absolute Gasteiger partial charge is 0.486 e. The van der Waals surface area contributed by atoms with Crippen molar-refractivity contribution in [2.24, 2.45) is 5.92 Å². The second kappa shape index (κ2) is 10.8. The Labute approximate surface area is 205 Å². The number of ether oxygens (including phenoxy) is 1. The number of hydrogen-bond donors (Lipinski definition) is 1. The average molecular weight is 478 g/mol. The van der Waals surface area contributed by atoms with Crippen LogP contribution in [0.25, 0.3) is 0 Å². The van der Waals surface area contributed by atoms with Gasteiger partial charge in [0.05, 0.1) is 6.04 Å². The van der Waals surface area contributed by atoms with Gasteiger partial charge in [-0.05, 0) is 47.6 Å². The first-order chi connectivity index (χ1) is 16.4. The molecular formula is C27H31N3O3S. The van der Waals surface area contributed by atoms with Crippen molar-refractivity contribution in [3.05, 3.63) is 81.3 Å². The number of thiazole rings is 1. The van der Waals surface area contributed by atoms with Crippen LogP contribution in [0.1, 0.15) is 65.4 Å². The van der Waals surface area contributed by atoms with E-state index in [0.29, 0.717) is 24.7 Å². The van der Waals surface area contributed by atoms with Crippen molar-refractivity contribution in [1.82, 2.24) is 15.2 Å². The third-order valence-corrected chi connectivity index (χ3v) is 6.84. The number of nitrogens with one attached hydrogen (secondary N) is 1. The molecule has 0 spiro atoms. The van der Waals surface area contributed by atoms with Gasteiger partial charge in [-0.2, -0.15) is 0 Å². The minimum Gasteiger partial charge on any atom is -0.486 e. The number of aromatic nitrogens is 1. The van der Waals surface area contributed by atoms with Crippen molar-refractivity contribution < 1.29 is 14.3 Å². The molecule has 0 saturated carbocycles. The van der Waals surface area contributed by atoms with Gasteiger partial charge >= 0.3 is 0 Å². The molecule has 1 aliphatic heterocycles. The van der Waals surface area contributed by atoms with Crippen LogP contribution in [0, 0.1) is 5.92 Å². The molecule has 0 aliphatic carbocycles. The molecule has 1 aliphatic rings. The lowest BCUT2D eigenvalue weighted by molar-refractivity contribution is -0.130. The first-order valence-corrected chi connectivity index (χ1v) is 12.6. The van der Waals surface area contributed by atoms with Gasteiger partial charge in [-0.25, -0.2) is 4.98 Å². The lowest BCUT2D eigenvalue weighted by Gasteiger charge is -2.37. The van der Waals surface area contributed by atoms with Crippen LogP contribution in [0.3, 0.4) is 0 Å². The molecule has 1 N–H and O–H groups in total. The minimum atomic E-state index is -0.146. The van der Waals surface area contributed by atoms with Crippen molar-refractivity contribution in [3.8, 4) is 5.75 Å². The van der Waals surface area contributed by atoms with E-state index in [4.69, 9.17) is 4.74 Å². The van der Waals surface area contributed by atoms with Crippen molar-refractivity contribution in [1.29, 1.82) is 0 Å². The van der Waals surface area contributed by atoms with Crippen LogP contribution < -0.4 is 10.1 Å². The summed E-state index contributed by atoms with van der Waals surface area (Å²) in [6.07, 6.45) is 1.76. The van der Waals surface area contributed by atoms with Crippen LogP contribution in [0.15, 0.2) is 53.9 Å². The normalized spacial score (nSPS) is 15.2. The monoisotopic (exact) mass is 477 g/mol. The molecule has 4 rings (SSSR count). The summed E-state index contributed by atoms with van der Waals surface area (Å²) in [6, 6.07) is 16.1. The first-order valence-electron chi connectivity index (χ1n) is 11.7. The van der Waals surface area contributed by atoms with Gasteiger partial charge in [0.15, 0.2) is 0 Å². The molecule has 2 aromatic carbocycles. The molecule has 0 saturated heterocycles. The highest BCUT2D eigenvalue weighted by atomic mass is 32.1. The summed E-state index contributed by atoms with van der Waals surface area (Å²) in [4.78, 5) is 31.1. The zero-order chi connectivity index (χ0) is 24.1. The van der Waals surface area contributed by atoms with E-state index in [2.05, 4.69) is 42.3 Å². The second-order valence-corrected chi connectivity index (χ2v) is 9.93. The Hall–Kier alpha value is -3.19. The zero-order valence-electron chi connectivity index (χ0n) is 19.9. The highest BCUT2D eigenvalue weighted by Gasteiger charge is 2.30. The van der Waals surface area contributed by atoms with E-state index in [-0.39, 0.29) is 24.5 Å². The van der Waals surface area contributed by atoms with Crippen molar-refractivity contribution in [2.45, 2.75) is 46.3 Å². The van der Waals surface area contributed by atoms with Gasteiger partial charge < -0.3 is 15.0 Å². The fourth-order valence-corrected chi connectivity index (χ4v) is 4.89. The van der Waals surface area contributed by atoms with E-state index < -0.39 is 0 Å². The standard InChI is InChI=1S/C27H31N3O3S/c1-18(2)11-13-28-27(32)24-17-34-25(29-24)16-33-22-10-9-20-12-14-30(19(3)31)26(23(20)15-22)21-7-5-4-6-8-21/h4-10,15,17-18,26H,11-14,16H2,1-3H3,(H,28,32). The number of benzene rings is 2. The van der Waals surface area contributed by atoms with Crippen LogP contribution in [0.2, 0.25) is 0 Å². The van der Waals surface area contributed by atoms with Crippen LogP contribution in [0.4, 0.5) is 0 Å². The molecule has 178 valence electrons. The smallest absolute Gasteiger partial charge is 0.270 e. The molecule has 2 amide bonds. The van der Waals surface area contributed by atoms with Gasteiger partial charge in [-0.1, -0.05) is 50.2 Å². The third kappa shape index (κ3) is 5.65. The Kier molecular flexibility index (Phi) is 7.63. The minimum absolute atomic E-state index is 0.0628. The van der Waals surface area contributed by atoms with Crippen LogP contribution in [-0.2, 0) is 17.8 Å². The fraction of sp³-hybridized carbons (Fsp3) is 0.370. The summed E-state index contributed by atoms with van der Waals surface area (Å²) in [5.74, 6) is 1.18. The average Bonchev–Trinajstić information content (AvgIpc) is 3.31. The molecule has 0 fully saturated rings. The van der Waals surface area contributed by atoms with E-state index in [9.17, 15) is 9.59 Å². The molecule has 7 heteroatoms. The maximum Gasteiger partial charge on any atom is 0.270 e. The molecule has 1 unspecified atom stereocenters. The predicted octanol–water partition coefficient (Wildman–Crippen LogP) is 4.99. The van der Waals surface area contributed by atoms with E-state index in [1.54, 1.807) is 12.3 Å². The summed E-state index contributed by atoms with van der Waals surface area (Å²) >= 11 is 1.42. The lowest BCUT2D eigenvalue weighted by atomic mass is 9.88. The van der Waals surface area contributed by atoms with Crippen LogP contribution >= 0.6 is 11.3 Å². The van der Waals surface area contributed by atoms with E-state index in [0.717, 1.165) is 34.7 Å². The Morgan fingerprint density at radius 3 is 2.74 bits per heavy atom. The second-order valence-electron chi connectivity index (χ2n) is 8.99. The van der Waals surface area contributed by atoms with Gasteiger partial charge in [-0.15, -0.1) is 11.3 Å². The Balaban J connectivity index is 1.47. The molecule has 2 heterocycles. The number of amides is 2. The Bertz CT molecular complexity index is 1140. The fourth-order valence-electron chi connectivity index (χ4n) is 4.21. The number of nitrogens with zero attached hydrogens (tertiary/aromatic N) is 2. The lowest BCUT2D eigenvalue weighted by Crippen LogP contribution is -2.39. The van der Waals surface area contributed by atoms with Crippen molar-refractivity contribution in [2.75, 3.05) is 13.1 Å². The van der Waals surface area contributed by atoms with Gasteiger partial charge in [0.2, 0.25) is 5.91 Å². The number of fused-ring (bicyclic) bond motifs is 1. The molecular weight excluding hydrogens is 446 g/mol. The maximum atomic E-state index is 12.4. The van der Waals surface area contributed by atoms with Gasteiger partial charge in [-0.3, -0.25) is 9.59 Å². The van der Waals surface area contributed by atoms with Gasteiger partial charge in [0, 0.05) is 25.4 Å². The Morgan fingerprint density at radius 1 is 1.21 bits per heavy atom. The number of carbonyl (C=O) groups excluding carboxylic acids is 2. The summed E-state index contributed by atoms with van der Waals surface area (Å²) < 4.78 is 6.06. The highest BCUT2D eigenvalue weighted by Crippen LogP contribution is 2.37. The number of hydrogen-bond acceptors (Lipinski definition) is 5. The molecule has 1 atom stereocenters. The molecule has 0 bridgehead atoms. The number of rotatable bonds is 8. The van der Waals surface area contributed by atoms with Gasteiger partial charge in [0.1, 0.15) is 23.1 Å². The van der Waals surface area contributed by atoms with E-state index in [1.807, 2.05) is 35.2 Å². The zero-order valence-corrected chi connectivity index (χ0v) is 20.7. The quantitative estimate of drug-likeness (QED) is 0.496. The van der Waals surface area contributed by atoms with Crippen molar-refractivity contribution in [3.63, 3.8) is 0 Å². The third-order valence-electron chi connectivity index (χ3n) is 6.02. The molecule has 34 heavy (non-hydrogen) atoms. The first kappa shape index (κ1) is 24.0. The maximum absolute atomic E-state index is 12.4. The van der Waals surface area contributed by atoms with E-state index >= 15 is 0 Å². The predicted molar refractivity (Wildman–Crippen MR) is 134 cm³/mol. The highest BCUT2D eigenvalue weighted by molar-refractivity contribution is 7.09. The summed E-state index contributed by atoms with van der Waals surface area (Å²) in [7, 11) is 0. The SMILES string of the molecule is CC(=O)N1CCc2ccc(OCc3nc(C(=O)NCCC(C)C)cs3)cc2C1c1ccccc1. The van der Waals surface area contributed by atoms with Crippen molar-refractivity contribution >= 4 is 23.2 Å². The van der Waals surface area contributed by atoms with E-state index in [1.165, 1.54) is 16.9 Å². The summed E-state index contributed by atoms with van der Waals surface area (Å²) in [5, 5.41) is 5.43. The number of carbonyl (C=O) groups is 2. The van der Waals surface area contributed by atoms with Crippen LogP contribution in [-0.4, -0.2) is 34.8 Å². The summed E-state index contributed by atoms with van der Waals surface area (Å²) in [6.45, 7) is 7.52.